The third kappa shape index (κ3) is 4.39. The van der Waals surface area contributed by atoms with Crippen molar-refractivity contribution >= 4 is 11.8 Å². The normalized spacial score (nSPS) is 20.7. The summed E-state index contributed by atoms with van der Waals surface area (Å²) in [4.78, 5) is 29.1. The van der Waals surface area contributed by atoms with E-state index in [9.17, 15) is 9.59 Å². The SMILES string of the molecule is CCCN(CC1COc2ccccc2O1)C(=O)C1CC(=O)N(Cc2ccco2)C1. The second kappa shape index (κ2) is 8.59. The van der Waals surface area contributed by atoms with E-state index < -0.39 is 0 Å². The van der Waals surface area contributed by atoms with Crippen molar-refractivity contribution in [3.05, 3.63) is 48.4 Å². The fourth-order valence-corrected chi connectivity index (χ4v) is 3.90. The number of amides is 2. The topological polar surface area (TPSA) is 72.2 Å². The summed E-state index contributed by atoms with van der Waals surface area (Å²) in [6, 6.07) is 11.2. The number of fused-ring (bicyclic) bond motifs is 1. The average molecular weight is 398 g/mol. The molecule has 29 heavy (non-hydrogen) atoms. The van der Waals surface area contributed by atoms with Crippen LogP contribution in [0.25, 0.3) is 0 Å². The highest BCUT2D eigenvalue weighted by molar-refractivity contribution is 5.89. The first-order chi connectivity index (χ1) is 14.1. The number of benzene rings is 1. The highest BCUT2D eigenvalue weighted by atomic mass is 16.6. The first-order valence-electron chi connectivity index (χ1n) is 10.1. The van der Waals surface area contributed by atoms with Crippen LogP contribution >= 0.6 is 0 Å². The van der Waals surface area contributed by atoms with Crippen molar-refractivity contribution in [1.29, 1.82) is 0 Å². The Morgan fingerprint density at radius 3 is 2.79 bits per heavy atom. The Kier molecular flexibility index (Phi) is 5.74. The van der Waals surface area contributed by atoms with E-state index in [-0.39, 0.29) is 30.3 Å². The molecule has 0 radical (unpaired) electrons. The first kappa shape index (κ1) is 19.4. The van der Waals surface area contributed by atoms with E-state index in [0.717, 1.165) is 17.9 Å². The molecule has 3 heterocycles. The van der Waals surface area contributed by atoms with Gasteiger partial charge in [0, 0.05) is 19.5 Å². The number of rotatable bonds is 7. The molecular weight excluding hydrogens is 372 g/mol. The zero-order chi connectivity index (χ0) is 20.2. The van der Waals surface area contributed by atoms with Gasteiger partial charge >= 0.3 is 0 Å². The number of nitrogens with zero attached hydrogens (tertiary/aromatic N) is 2. The maximum atomic E-state index is 13.2. The summed E-state index contributed by atoms with van der Waals surface area (Å²) in [6.45, 7) is 4.34. The van der Waals surface area contributed by atoms with Gasteiger partial charge in [-0.15, -0.1) is 0 Å². The molecule has 0 N–H and O–H groups in total. The minimum absolute atomic E-state index is 0.00426. The second-order valence-corrected chi connectivity index (χ2v) is 7.54. The molecule has 2 aliphatic heterocycles. The Balaban J connectivity index is 1.38. The van der Waals surface area contributed by atoms with E-state index in [2.05, 4.69) is 0 Å². The molecule has 1 fully saturated rings. The summed E-state index contributed by atoms with van der Waals surface area (Å²) < 4.78 is 17.1. The Hall–Kier alpha value is -2.96. The fraction of sp³-hybridized carbons (Fsp3) is 0.455. The van der Waals surface area contributed by atoms with Gasteiger partial charge in [0.1, 0.15) is 12.4 Å². The highest BCUT2D eigenvalue weighted by Crippen LogP contribution is 2.31. The standard InChI is InChI=1S/C22H26N2O5/c1-2-9-23(14-18-15-28-19-7-3-4-8-20(19)29-18)22(26)16-11-21(25)24(12-16)13-17-6-5-10-27-17/h3-8,10,16,18H,2,9,11-15H2,1H3. The summed E-state index contributed by atoms with van der Waals surface area (Å²) in [7, 11) is 0. The largest absolute Gasteiger partial charge is 0.486 e. The smallest absolute Gasteiger partial charge is 0.228 e. The Bertz CT molecular complexity index is 851. The van der Waals surface area contributed by atoms with Crippen molar-refractivity contribution in [3.63, 3.8) is 0 Å². The second-order valence-electron chi connectivity index (χ2n) is 7.54. The molecule has 2 amide bonds. The lowest BCUT2D eigenvalue weighted by molar-refractivity contribution is -0.137. The first-order valence-corrected chi connectivity index (χ1v) is 10.1. The molecule has 1 aromatic heterocycles. The number of carbonyl (C=O) groups excluding carboxylic acids is 2. The van der Waals surface area contributed by atoms with Gasteiger partial charge in [-0.25, -0.2) is 0 Å². The predicted octanol–water partition coefficient (Wildman–Crippen LogP) is 2.71. The molecule has 154 valence electrons. The number of carbonyl (C=O) groups is 2. The fourth-order valence-electron chi connectivity index (χ4n) is 3.90. The van der Waals surface area contributed by atoms with Gasteiger partial charge in [-0.3, -0.25) is 9.59 Å². The van der Waals surface area contributed by atoms with Crippen LogP contribution in [0.5, 0.6) is 11.5 Å². The molecule has 2 aliphatic rings. The zero-order valence-corrected chi connectivity index (χ0v) is 16.6. The van der Waals surface area contributed by atoms with Crippen LogP contribution in [0.15, 0.2) is 47.1 Å². The molecule has 0 aliphatic carbocycles. The van der Waals surface area contributed by atoms with Gasteiger partial charge in [0.05, 0.1) is 25.3 Å². The molecule has 0 bridgehead atoms. The van der Waals surface area contributed by atoms with Gasteiger partial charge < -0.3 is 23.7 Å². The molecule has 7 heteroatoms. The predicted molar refractivity (Wildman–Crippen MR) is 105 cm³/mol. The van der Waals surface area contributed by atoms with Crippen LogP contribution in [0.4, 0.5) is 0 Å². The van der Waals surface area contributed by atoms with Crippen LogP contribution in [0.2, 0.25) is 0 Å². The molecule has 2 unspecified atom stereocenters. The van der Waals surface area contributed by atoms with Crippen LogP contribution in [-0.4, -0.2) is 54.0 Å². The summed E-state index contributed by atoms with van der Waals surface area (Å²) in [5.74, 6) is 1.82. The minimum atomic E-state index is -0.333. The summed E-state index contributed by atoms with van der Waals surface area (Å²) >= 11 is 0. The van der Waals surface area contributed by atoms with Crippen LogP contribution in [0.3, 0.4) is 0 Å². The molecule has 1 saturated heterocycles. The molecule has 0 spiro atoms. The molecule has 0 saturated carbocycles. The van der Waals surface area contributed by atoms with Crippen molar-refractivity contribution in [1.82, 2.24) is 9.80 Å². The van der Waals surface area contributed by atoms with E-state index in [1.807, 2.05) is 42.2 Å². The maximum absolute atomic E-state index is 13.2. The third-order valence-electron chi connectivity index (χ3n) is 5.29. The third-order valence-corrected chi connectivity index (χ3v) is 5.29. The van der Waals surface area contributed by atoms with E-state index in [4.69, 9.17) is 13.9 Å². The van der Waals surface area contributed by atoms with Crippen molar-refractivity contribution in [2.45, 2.75) is 32.4 Å². The monoisotopic (exact) mass is 398 g/mol. The van der Waals surface area contributed by atoms with E-state index in [0.29, 0.717) is 38.5 Å². The van der Waals surface area contributed by atoms with Crippen LogP contribution in [0.1, 0.15) is 25.5 Å². The Labute approximate surface area is 170 Å². The van der Waals surface area contributed by atoms with Crippen molar-refractivity contribution in [3.8, 4) is 11.5 Å². The number of ether oxygens (including phenoxy) is 2. The number of hydrogen-bond donors (Lipinski definition) is 0. The van der Waals surface area contributed by atoms with Crippen molar-refractivity contribution in [2.24, 2.45) is 5.92 Å². The van der Waals surface area contributed by atoms with Gasteiger partial charge in [-0.2, -0.15) is 0 Å². The number of para-hydroxylation sites is 2. The Morgan fingerprint density at radius 2 is 2.03 bits per heavy atom. The van der Waals surface area contributed by atoms with E-state index >= 15 is 0 Å². The van der Waals surface area contributed by atoms with Crippen LogP contribution in [-0.2, 0) is 16.1 Å². The number of hydrogen-bond acceptors (Lipinski definition) is 5. The quantitative estimate of drug-likeness (QED) is 0.717. The molecule has 1 aromatic carbocycles. The number of furan rings is 1. The summed E-state index contributed by atoms with van der Waals surface area (Å²) in [6.07, 6.45) is 2.44. The van der Waals surface area contributed by atoms with Gasteiger partial charge in [-0.05, 0) is 30.7 Å². The van der Waals surface area contributed by atoms with Gasteiger partial charge in [0.25, 0.3) is 0 Å². The molecule has 7 nitrogen and oxygen atoms in total. The van der Waals surface area contributed by atoms with Gasteiger partial charge in [0.15, 0.2) is 17.6 Å². The number of likely N-dealkylation sites (tertiary alicyclic amines) is 1. The molecule has 4 rings (SSSR count). The van der Waals surface area contributed by atoms with E-state index in [1.54, 1.807) is 17.2 Å². The molecule has 2 aromatic rings. The minimum Gasteiger partial charge on any atom is -0.486 e. The van der Waals surface area contributed by atoms with E-state index in [1.165, 1.54) is 0 Å². The van der Waals surface area contributed by atoms with Gasteiger partial charge in [0.2, 0.25) is 11.8 Å². The maximum Gasteiger partial charge on any atom is 0.228 e. The highest BCUT2D eigenvalue weighted by Gasteiger charge is 2.37. The lowest BCUT2D eigenvalue weighted by Gasteiger charge is -2.32. The molecular formula is C22H26N2O5. The lowest BCUT2D eigenvalue weighted by atomic mass is 10.1. The summed E-state index contributed by atoms with van der Waals surface area (Å²) in [5.41, 5.74) is 0. The summed E-state index contributed by atoms with van der Waals surface area (Å²) in [5, 5.41) is 0. The molecule has 2 atom stereocenters. The van der Waals surface area contributed by atoms with Crippen LogP contribution in [0, 0.1) is 5.92 Å². The zero-order valence-electron chi connectivity index (χ0n) is 16.6. The van der Waals surface area contributed by atoms with Gasteiger partial charge in [-0.1, -0.05) is 19.1 Å². The van der Waals surface area contributed by atoms with Crippen molar-refractivity contribution in [2.75, 3.05) is 26.2 Å². The average Bonchev–Trinajstić information content (AvgIpc) is 3.37. The van der Waals surface area contributed by atoms with Crippen molar-refractivity contribution < 1.29 is 23.5 Å². The Morgan fingerprint density at radius 1 is 1.21 bits per heavy atom. The van der Waals surface area contributed by atoms with Crippen LogP contribution < -0.4 is 9.47 Å². The lowest BCUT2D eigenvalue weighted by Crippen LogP contribution is -2.46.